The van der Waals surface area contributed by atoms with E-state index in [1.165, 1.54) is 5.57 Å². The Morgan fingerprint density at radius 2 is 1.82 bits per heavy atom. The van der Waals surface area contributed by atoms with Gasteiger partial charge in [0.1, 0.15) is 0 Å². The Kier molecular flexibility index (Phi) is 3.46. The fraction of sp³-hybridized carbons (Fsp3) is 0.733. The molecule has 2 nitrogen and oxygen atoms in total. The minimum atomic E-state index is -0.388. The van der Waals surface area contributed by atoms with Gasteiger partial charge in [-0.15, -0.1) is 0 Å². The molecule has 0 aromatic rings. The van der Waals surface area contributed by atoms with E-state index in [1.54, 1.807) is 0 Å². The van der Waals surface area contributed by atoms with Gasteiger partial charge in [0.2, 0.25) is 0 Å². The summed E-state index contributed by atoms with van der Waals surface area (Å²) in [6.45, 7) is 8.48. The van der Waals surface area contributed by atoms with Crippen LogP contribution >= 0.6 is 0 Å². The molecular weight excluding hydrogens is 212 g/mol. The van der Waals surface area contributed by atoms with Gasteiger partial charge in [-0.2, -0.15) is 0 Å². The van der Waals surface area contributed by atoms with Gasteiger partial charge in [0, 0.05) is 5.92 Å². The van der Waals surface area contributed by atoms with Crippen molar-refractivity contribution >= 4 is 0 Å². The molecule has 0 amide bonds. The summed E-state index contributed by atoms with van der Waals surface area (Å²) < 4.78 is 0. The van der Waals surface area contributed by atoms with Crippen LogP contribution in [0.15, 0.2) is 22.8 Å². The van der Waals surface area contributed by atoms with Crippen molar-refractivity contribution in [1.29, 1.82) is 0 Å². The van der Waals surface area contributed by atoms with Crippen LogP contribution in [0.25, 0.3) is 0 Å². The van der Waals surface area contributed by atoms with Gasteiger partial charge in [0.05, 0.1) is 12.2 Å². The van der Waals surface area contributed by atoms with E-state index in [1.807, 2.05) is 6.92 Å². The Hall–Kier alpha value is -0.600. The smallest absolute Gasteiger partial charge is 0.0796 e. The Bertz CT molecular complexity index is 365. The molecule has 2 rings (SSSR count). The Morgan fingerprint density at radius 1 is 1.18 bits per heavy atom. The lowest BCUT2D eigenvalue weighted by Crippen LogP contribution is -2.38. The molecule has 96 valence electrons. The SMILES string of the molecule is CC1=CC2C(=C(C)C(O)CC2C(C)C)C(O)C1. The van der Waals surface area contributed by atoms with Crippen molar-refractivity contribution in [3.8, 4) is 0 Å². The Morgan fingerprint density at radius 3 is 2.41 bits per heavy atom. The summed E-state index contributed by atoms with van der Waals surface area (Å²) in [5, 5.41) is 20.4. The quantitative estimate of drug-likeness (QED) is 0.687. The molecule has 2 aliphatic rings. The summed E-state index contributed by atoms with van der Waals surface area (Å²) >= 11 is 0. The van der Waals surface area contributed by atoms with Gasteiger partial charge in [-0.05, 0) is 49.7 Å². The van der Waals surface area contributed by atoms with E-state index < -0.39 is 0 Å². The van der Waals surface area contributed by atoms with Crippen molar-refractivity contribution in [2.45, 2.75) is 52.7 Å². The van der Waals surface area contributed by atoms with E-state index in [-0.39, 0.29) is 12.2 Å². The first-order valence-corrected chi connectivity index (χ1v) is 6.65. The van der Waals surface area contributed by atoms with Crippen molar-refractivity contribution in [1.82, 2.24) is 0 Å². The van der Waals surface area contributed by atoms with Crippen LogP contribution in [0.3, 0.4) is 0 Å². The summed E-state index contributed by atoms with van der Waals surface area (Å²) in [5.74, 6) is 1.32. The van der Waals surface area contributed by atoms with Gasteiger partial charge in [-0.25, -0.2) is 0 Å². The molecule has 4 atom stereocenters. The van der Waals surface area contributed by atoms with Crippen molar-refractivity contribution in [3.63, 3.8) is 0 Å². The molecule has 0 bridgehead atoms. The first kappa shape index (κ1) is 12.8. The molecule has 2 N–H and O–H groups in total. The van der Waals surface area contributed by atoms with Crippen LogP contribution < -0.4 is 0 Å². The van der Waals surface area contributed by atoms with Gasteiger partial charge >= 0.3 is 0 Å². The van der Waals surface area contributed by atoms with Crippen LogP contribution in [0.5, 0.6) is 0 Å². The Labute approximate surface area is 104 Å². The van der Waals surface area contributed by atoms with Crippen LogP contribution in [0.2, 0.25) is 0 Å². The number of fused-ring (bicyclic) bond motifs is 1. The van der Waals surface area contributed by atoms with Gasteiger partial charge in [0.15, 0.2) is 0 Å². The molecule has 2 heteroatoms. The van der Waals surface area contributed by atoms with Crippen molar-refractivity contribution in [2.24, 2.45) is 17.8 Å². The normalized spacial score (nSPS) is 38.2. The zero-order valence-electron chi connectivity index (χ0n) is 11.3. The molecular formula is C15H24O2. The second-order valence-corrected chi connectivity index (χ2v) is 6.06. The highest BCUT2D eigenvalue weighted by atomic mass is 16.3. The number of rotatable bonds is 1. The lowest BCUT2D eigenvalue weighted by Gasteiger charge is -2.42. The summed E-state index contributed by atoms with van der Waals surface area (Å²) in [4.78, 5) is 0. The second kappa shape index (κ2) is 4.58. The third kappa shape index (κ3) is 2.21. The van der Waals surface area contributed by atoms with E-state index in [9.17, 15) is 10.2 Å². The molecule has 0 aromatic carbocycles. The summed E-state index contributed by atoms with van der Waals surface area (Å²) in [6, 6.07) is 0. The van der Waals surface area contributed by atoms with E-state index in [0.29, 0.717) is 17.8 Å². The molecule has 0 saturated heterocycles. The van der Waals surface area contributed by atoms with Gasteiger partial charge in [-0.1, -0.05) is 25.5 Å². The first-order valence-electron chi connectivity index (χ1n) is 6.65. The maximum Gasteiger partial charge on any atom is 0.0796 e. The minimum Gasteiger partial charge on any atom is -0.389 e. The van der Waals surface area contributed by atoms with E-state index in [2.05, 4.69) is 26.8 Å². The monoisotopic (exact) mass is 236 g/mol. The topological polar surface area (TPSA) is 40.5 Å². The standard InChI is InChI=1S/C15H24O2/c1-8(2)11-7-13(16)10(4)15-12(11)5-9(3)6-14(15)17/h5,8,11-14,16-17H,6-7H2,1-4H3. The summed E-state index contributed by atoms with van der Waals surface area (Å²) in [6.07, 6.45) is 3.10. The van der Waals surface area contributed by atoms with Crippen LogP contribution in [0, 0.1) is 17.8 Å². The maximum absolute atomic E-state index is 10.3. The van der Waals surface area contributed by atoms with Gasteiger partial charge < -0.3 is 10.2 Å². The number of hydrogen-bond acceptors (Lipinski definition) is 2. The largest absolute Gasteiger partial charge is 0.389 e. The van der Waals surface area contributed by atoms with Crippen molar-refractivity contribution < 1.29 is 10.2 Å². The van der Waals surface area contributed by atoms with E-state index in [0.717, 1.165) is 24.0 Å². The number of hydrogen-bond donors (Lipinski definition) is 2. The molecule has 0 fully saturated rings. The van der Waals surface area contributed by atoms with Crippen LogP contribution in [0.1, 0.15) is 40.5 Å². The fourth-order valence-corrected chi connectivity index (χ4v) is 3.44. The van der Waals surface area contributed by atoms with Crippen molar-refractivity contribution in [3.05, 3.63) is 22.8 Å². The number of allylic oxidation sites excluding steroid dienone is 1. The average Bonchev–Trinajstić information content (AvgIpc) is 2.21. The van der Waals surface area contributed by atoms with Crippen LogP contribution in [-0.4, -0.2) is 22.4 Å². The number of aliphatic hydroxyl groups excluding tert-OH is 2. The van der Waals surface area contributed by atoms with Crippen molar-refractivity contribution in [2.75, 3.05) is 0 Å². The highest BCUT2D eigenvalue weighted by molar-refractivity contribution is 5.35. The molecule has 0 radical (unpaired) electrons. The highest BCUT2D eigenvalue weighted by Crippen LogP contribution is 2.44. The lowest BCUT2D eigenvalue weighted by atomic mass is 9.65. The Balaban J connectivity index is 2.45. The molecule has 0 aromatic heterocycles. The summed E-state index contributed by atoms with van der Waals surface area (Å²) in [5.41, 5.74) is 3.37. The lowest BCUT2D eigenvalue weighted by molar-refractivity contribution is 0.102. The molecule has 0 aliphatic heterocycles. The van der Waals surface area contributed by atoms with E-state index >= 15 is 0 Å². The third-order valence-electron chi connectivity index (χ3n) is 4.47. The van der Waals surface area contributed by atoms with Gasteiger partial charge in [0.25, 0.3) is 0 Å². The maximum atomic E-state index is 10.3. The third-order valence-corrected chi connectivity index (χ3v) is 4.47. The fourth-order valence-electron chi connectivity index (χ4n) is 3.44. The number of aliphatic hydroxyl groups is 2. The van der Waals surface area contributed by atoms with Crippen LogP contribution in [-0.2, 0) is 0 Å². The first-order chi connectivity index (χ1) is 7.91. The molecule has 2 aliphatic carbocycles. The molecule has 4 unspecified atom stereocenters. The summed E-state index contributed by atoms with van der Waals surface area (Å²) in [7, 11) is 0. The average molecular weight is 236 g/mol. The molecule has 0 spiro atoms. The zero-order chi connectivity index (χ0) is 12.7. The predicted octanol–water partition coefficient (Wildman–Crippen LogP) is 2.67. The van der Waals surface area contributed by atoms with E-state index in [4.69, 9.17) is 0 Å². The highest BCUT2D eigenvalue weighted by Gasteiger charge is 2.39. The second-order valence-electron chi connectivity index (χ2n) is 6.06. The minimum absolute atomic E-state index is 0.335. The van der Waals surface area contributed by atoms with Crippen LogP contribution in [0.4, 0.5) is 0 Å². The molecule has 0 saturated carbocycles. The predicted molar refractivity (Wildman–Crippen MR) is 69.5 cm³/mol. The van der Waals surface area contributed by atoms with Gasteiger partial charge in [-0.3, -0.25) is 0 Å². The molecule has 0 heterocycles. The molecule has 17 heavy (non-hydrogen) atoms. The zero-order valence-corrected chi connectivity index (χ0v) is 11.3.